The minimum Gasteiger partial charge on any atom is -0.478 e. The maximum atomic E-state index is 11.9. The first-order valence-electron chi connectivity index (χ1n) is 9.62. The number of allylic oxidation sites excluding steroid dienone is 2. The molecule has 1 aliphatic heterocycles. The summed E-state index contributed by atoms with van der Waals surface area (Å²) in [6.45, 7) is 7.50. The van der Waals surface area contributed by atoms with Gasteiger partial charge in [-0.1, -0.05) is 26.0 Å². The second-order valence-electron chi connectivity index (χ2n) is 6.42. The minimum atomic E-state index is -1.00. The molecule has 0 bridgehead atoms. The molecular formula is C24H27NO4. The van der Waals surface area contributed by atoms with Crippen molar-refractivity contribution in [3.05, 3.63) is 69.9 Å². The van der Waals surface area contributed by atoms with Crippen LogP contribution in [0.2, 0.25) is 0 Å². The molecule has 1 aromatic carbocycles. The summed E-state index contributed by atoms with van der Waals surface area (Å²) >= 11 is 0. The number of carbonyl (C=O) groups is 1. The fourth-order valence-corrected chi connectivity index (χ4v) is 3.26. The molecule has 1 aromatic rings. The first-order chi connectivity index (χ1) is 13.9. The average molecular weight is 393 g/mol. The van der Waals surface area contributed by atoms with E-state index in [1.165, 1.54) is 12.1 Å². The molecule has 1 aliphatic carbocycles. The Morgan fingerprint density at radius 2 is 1.72 bits per heavy atom. The molecular weight excluding hydrogens is 366 g/mol. The molecule has 1 N–H and O–H groups in total. The van der Waals surface area contributed by atoms with Crippen molar-refractivity contribution in [1.82, 2.24) is 0 Å². The van der Waals surface area contributed by atoms with Crippen LogP contribution >= 0.6 is 0 Å². The summed E-state index contributed by atoms with van der Waals surface area (Å²) in [5.74, 6) is -0.570. The van der Waals surface area contributed by atoms with Crippen molar-refractivity contribution in [1.29, 1.82) is 0 Å². The number of aliphatic carboxylic acids is 1. The van der Waals surface area contributed by atoms with Crippen LogP contribution in [-0.2, 0) is 4.79 Å². The molecule has 152 valence electrons. The minimum absolute atomic E-state index is 0.160. The summed E-state index contributed by atoms with van der Waals surface area (Å²) in [7, 11) is 3.86. The summed E-state index contributed by atoms with van der Waals surface area (Å²) < 4.78 is 6.01. The first-order valence-corrected chi connectivity index (χ1v) is 9.62. The Morgan fingerprint density at radius 3 is 2.28 bits per heavy atom. The third-order valence-electron chi connectivity index (χ3n) is 4.56. The highest BCUT2D eigenvalue weighted by Crippen LogP contribution is 2.40. The molecule has 0 amide bonds. The Morgan fingerprint density at radius 1 is 1.03 bits per heavy atom. The van der Waals surface area contributed by atoms with Gasteiger partial charge in [0.15, 0.2) is 5.43 Å². The van der Waals surface area contributed by atoms with E-state index in [0.29, 0.717) is 22.5 Å². The average Bonchev–Trinajstić information content (AvgIpc) is 2.71. The zero-order chi connectivity index (χ0) is 21.7. The van der Waals surface area contributed by atoms with Crippen LogP contribution < -0.4 is 10.3 Å². The van der Waals surface area contributed by atoms with Crippen molar-refractivity contribution >= 4 is 28.2 Å². The van der Waals surface area contributed by atoms with Gasteiger partial charge in [0.1, 0.15) is 11.3 Å². The number of carboxylic acid groups (broad SMARTS) is 1. The number of nitrogens with zero attached hydrogens (tertiary/aromatic N) is 1. The van der Waals surface area contributed by atoms with Gasteiger partial charge in [-0.15, -0.1) is 0 Å². The lowest BCUT2D eigenvalue weighted by Crippen LogP contribution is -2.09. The molecule has 0 unspecified atom stereocenters. The van der Waals surface area contributed by atoms with Crippen LogP contribution in [0.5, 0.6) is 0 Å². The van der Waals surface area contributed by atoms with Crippen molar-refractivity contribution in [3.8, 4) is 11.3 Å². The van der Waals surface area contributed by atoms with E-state index in [1.54, 1.807) is 32.1 Å². The van der Waals surface area contributed by atoms with Crippen LogP contribution in [-0.4, -0.2) is 25.2 Å². The maximum absolute atomic E-state index is 11.9. The first kappa shape index (κ1) is 22.0. The zero-order valence-electron chi connectivity index (χ0n) is 17.7. The van der Waals surface area contributed by atoms with Crippen LogP contribution in [0.4, 0.5) is 5.69 Å². The smallest absolute Gasteiger partial charge is 0.335 e. The third kappa shape index (κ3) is 4.24. The van der Waals surface area contributed by atoms with E-state index in [0.717, 1.165) is 16.6 Å². The van der Waals surface area contributed by atoms with Crippen LogP contribution in [0.3, 0.4) is 0 Å². The highest BCUT2D eigenvalue weighted by Gasteiger charge is 2.23. The summed E-state index contributed by atoms with van der Waals surface area (Å²) in [6.07, 6.45) is 3.36. The van der Waals surface area contributed by atoms with E-state index in [-0.39, 0.29) is 11.0 Å². The van der Waals surface area contributed by atoms with Gasteiger partial charge in [0.2, 0.25) is 0 Å². The third-order valence-corrected chi connectivity index (χ3v) is 4.56. The standard InChI is InChI=1S/C22H21NO4.C2H6/c1-5-15(16(6-2)22(25)26)21-17-9-7-13(23(3)4)11-19(17)27-20-12-14(24)8-10-18(20)21;1-2/h5-12H,1-4H3,(H,25,26);1-2H3/b15-5+,16-6+;. The number of hydrogen-bond acceptors (Lipinski definition) is 4. The fraction of sp³-hybridized carbons (Fsp3) is 0.250. The predicted octanol–water partition coefficient (Wildman–Crippen LogP) is 5.42. The molecule has 0 saturated carbocycles. The Kier molecular flexibility index (Phi) is 6.99. The van der Waals surface area contributed by atoms with Gasteiger partial charge in [0.05, 0.1) is 5.57 Å². The summed E-state index contributed by atoms with van der Waals surface area (Å²) in [5, 5.41) is 10.4. The predicted molar refractivity (Wildman–Crippen MR) is 120 cm³/mol. The molecule has 0 fully saturated rings. The van der Waals surface area contributed by atoms with Gasteiger partial charge in [0, 0.05) is 48.4 Å². The quantitative estimate of drug-likeness (QED) is 0.364. The van der Waals surface area contributed by atoms with E-state index in [4.69, 9.17) is 4.42 Å². The van der Waals surface area contributed by atoms with Crippen LogP contribution in [0.25, 0.3) is 27.9 Å². The Bertz CT molecular complexity index is 1120. The SMILES string of the molecule is C/C=C(\C(=C/C)C(=O)O)c1c2ccc(=O)cc-2oc2cc(N(C)C)ccc12.CC. The van der Waals surface area contributed by atoms with Crippen molar-refractivity contribution in [2.75, 3.05) is 19.0 Å². The zero-order valence-corrected chi connectivity index (χ0v) is 17.7. The highest BCUT2D eigenvalue weighted by molar-refractivity contribution is 6.12. The maximum Gasteiger partial charge on any atom is 0.335 e. The normalized spacial score (nSPS) is 11.9. The number of carboxylic acids is 1. The van der Waals surface area contributed by atoms with E-state index < -0.39 is 5.97 Å². The molecule has 2 aliphatic rings. The van der Waals surface area contributed by atoms with E-state index >= 15 is 0 Å². The second-order valence-corrected chi connectivity index (χ2v) is 6.42. The van der Waals surface area contributed by atoms with Gasteiger partial charge in [-0.3, -0.25) is 4.79 Å². The number of hydrogen-bond donors (Lipinski definition) is 1. The highest BCUT2D eigenvalue weighted by atomic mass is 16.4. The lowest BCUT2D eigenvalue weighted by Gasteiger charge is -2.19. The van der Waals surface area contributed by atoms with Gasteiger partial charge >= 0.3 is 5.97 Å². The van der Waals surface area contributed by atoms with Crippen molar-refractivity contribution in [2.24, 2.45) is 0 Å². The summed E-state index contributed by atoms with van der Waals surface area (Å²) in [4.78, 5) is 25.6. The van der Waals surface area contributed by atoms with Gasteiger partial charge < -0.3 is 14.4 Å². The second kappa shape index (κ2) is 9.24. The summed E-state index contributed by atoms with van der Waals surface area (Å²) in [6, 6.07) is 10.4. The van der Waals surface area contributed by atoms with Crippen molar-refractivity contribution in [3.63, 3.8) is 0 Å². The monoisotopic (exact) mass is 393 g/mol. The van der Waals surface area contributed by atoms with Gasteiger partial charge in [0.25, 0.3) is 0 Å². The molecule has 0 spiro atoms. The van der Waals surface area contributed by atoms with Crippen LogP contribution in [0.1, 0.15) is 33.3 Å². The number of anilines is 1. The Labute approximate surface area is 170 Å². The number of rotatable bonds is 4. The van der Waals surface area contributed by atoms with Gasteiger partial charge in [-0.05, 0) is 43.7 Å². The lowest BCUT2D eigenvalue weighted by molar-refractivity contribution is -0.132. The molecule has 0 saturated heterocycles. The van der Waals surface area contributed by atoms with E-state index in [1.807, 2.05) is 51.0 Å². The molecule has 5 heteroatoms. The molecule has 0 radical (unpaired) electrons. The molecule has 29 heavy (non-hydrogen) atoms. The van der Waals surface area contributed by atoms with Gasteiger partial charge in [-0.25, -0.2) is 4.79 Å². The Balaban J connectivity index is 0.00000145. The Hall–Kier alpha value is -3.34. The van der Waals surface area contributed by atoms with E-state index in [2.05, 4.69) is 0 Å². The summed E-state index contributed by atoms with van der Waals surface area (Å²) in [5.41, 5.74) is 3.62. The molecule has 0 aromatic heterocycles. The molecule has 3 rings (SSSR count). The number of benzene rings is 2. The van der Waals surface area contributed by atoms with Gasteiger partial charge in [-0.2, -0.15) is 0 Å². The largest absolute Gasteiger partial charge is 0.478 e. The molecule has 0 atom stereocenters. The fourth-order valence-electron chi connectivity index (χ4n) is 3.26. The topological polar surface area (TPSA) is 70.7 Å². The van der Waals surface area contributed by atoms with Crippen molar-refractivity contribution < 1.29 is 14.3 Å². The lowest BCUT2D eigenvalue weighted by atomic mass is 9.89. The number of fused-ring (bicyclic) bond motifs is 2. The molecule has 5 nitrogen and oxygen atoms in total. The van der Waals surface area contributed by atoms with E-state index in [9.17, 15) is 14.7 Å². The molecule has 1 heterocycles. The van der Waals surface area contributed by atoms with Crippen LogP contribution in [0.15, 0.2) is 63.3 Å². The van der Waals surface area contributed by atoms with Crippen LogP contribution in [0, 0.1) is 0 Å². The van der Waals surface area contributed by atoms with Crippen molar-refractivity contribution in [2.45, 2.75) is 27.7 Å².